The average Bonchev–Trinajstić information content (AvgIpc) is 3.21. The predicted octanol–water partition coefficient (Wildman–Crippen LogP) is 3.76. The third-order valence-corrected chi connectivity index (χ3v) is 5.20. The third kappa shape index (κ3) is 3.50. The molecule has 0 aliphatic carbocycles. The van der Waals surface area contributed by atoms with E-state index < -0.39 is 0 Å². The van der Waals surface area contributed by atoms with Crippen molar-refractivity contribution in [1.82, 2.24) is 19.7 Å². The smallest absolute Gasteiger partial charge is 0.254 e. The first kappa shape index (κ1) is 17.5. The van der Waals surface area contributed by atoms with Crippen LogP contribution in [0.3, 0.4) is 0 Å². The highest BCUT2D eigenvalue weighted by atomic mass is 16.2. The van der Waals surface area contributed by atoms with Gasteiger partial charge in [0.05, 0.1) is 0 Å². The Balaban J connectivity index is 1.54. The van der Waals surface area contributed by atoms with E-state index in [4.69, 9.17) is 0 Å². The third-order valence-electron chi connectivity index (χ3n) is 5.20. The molecular formula is C22H24N4O. The van der Waals surface area contributed by atoms with Gasteiger partial charge in [0.2, 0.25) is 0 Å². The van der Waals surface area contributed by atoms with Gasteiger partial charge in [-0.25, -0.2) is 0 Å². The van der Waals surface area contributed by atoms with E-state index >= 15 is 0 Å². The van der Waals surface area contributed by atoms with E-state index in [1.807, 2.05) is 33.7 Å². The van der Waals surface area contributed by atoms with Crippen molar-refractivity contribution in [2.75, 3.05) is 6.54 Å². The maximum absolute atomic E-state index is 13.0. The molecule has 138 valence electrons. The Kier molecular flexibility index (Phi) is 4.30. The largest absolute Gasteiger partial charge is 0.334 e. The highest BCUT2D eigenvalue weighted by molar-refractivity contribution is 5.94. The Morgan fingerprint density at radius 3 is 2.33 bits per heavy atom. The van der Waals surface area contributed by atoms with Gasteiger partial charge in [-0.15, -0.1) is 10.2 Å². The van der Waals surface area contributed by atoms with Crippen molar-refractivity contribution in [2.24, 2.45) is 0 Å². The fourth-order valence-electron chi connectivity index (χ4n) is 3.49. The molecule has 1 aliphatic heterocycles. The summed E-state index contributed by atoms with van der Waals surface area (Å²) in [4.78, 5) is 14.9. The van der Waals surface area contributed by atoms with Crippen molar-refractivity contribution in [3.63, 3.8) is 0 Å². The SMILES string of the molecule is CC(C)(C)c1ccc2c(c1)CN(C(=O)c1ccc(-n3cnnc3)cc1)CC2. The number of rotatable bonds is 2. The fourth-order valence-corrected chi connectivity index (χ4v) is 3.49. The summed E-state index contributed by atoms with van der Waals surface area (Å²) in [5.41, 5.74) is 5.70. The first-order chi connectivity index (χ1) is 12.9. The van der Waals surface area contributed by atoms with E-state index in [2.05, 4.69) is 49.2 Å². The number of hydrogen-bond acceptors (Lipinski definition) is 3. The maximum Gasteiger partial charge on any atom is 0.254 e. The molecule has 0 radical (unpaired) electrons. The van der Waals surface area contributed by atoms with Crippen LogP contribution in [0.4, 0.5) is 0 Å². The van der Waals surface area contributed by atoms with Gasteiger partial charge in [0.1, 0.15) is 12.7 Å². The van der Waals surface area contributed by atoms with E-state index in [0.717, 1.165) is 18.7 Å². The molecule has 0 unspecified atom stereocenters. The predicted molar refractivity (Wildman–Crippen MR) is 105 cm³/mol. The number of benzene rings is 2. The molecule has 0 atom stereocenters. The van der Waals surface area contributed by atoms with E-state index in [-0.39, 0.29) is 11.3 Å². The van der Waals surface area contributed by atoms with Gasteiger partial charge in [0, 0.05) is 24.3 Å². The molecule has 0 bridgehead atoms. The van der Waals surface area contributed by atoms with Gasteiger partial charge < -0.3 is 4.90 Å². The summed E-state index contributed by atoms with van der Waals surface area (Å²) >= 11 is 0. The van der Waals surface area contributed by atoms with Gasteiger partial charge in [-0.1, -0.05) is 39.0 Å². The zero-order valence-corrected chi connectivity index (χ0v) is 16.0. The van der Waals surface area contributed by atoms with Crippen LogP contribution < -0.4 is 0 Å². The summed E-state index contributed by atoms with van der Waals surface area (Å²) in [6.07, 6.45) is 4.20. The summed E-state index contributed by atoms with van der Waals surface area (Å²) in [7, 11) is 0. The molecule has 2 aromatic carbocycles. The Labute approximate surface area is 159 Å². The van der Waals surface area contributed by atoms with Gasteiger partial charge in [0.25, 0.3) is 5.91 Å². The number of carbonyl (C=O) groups is 1. The molecule has 2 heterocycles. The molecule has 5 heteroatoms. The standard InChI is InChI=1S/C22H24N4O/c1-22(2,3)19-7-4-16-10-11-25(13-18(16)12-19)21(27)17-5-8-20(9-6-17)26-14-23-24-15-26/h4-9,12,14-15H,10-11,13H2,1-3H3. The number of nitrogens with zero attached hydrogens (tertiary/aromatic N) is 4. The molecule has 5 nitrogen and oxygen atoms in total. The lowest BCUT2D eigenvalue weighted by Crippen LogP contribution is -2.36. The number of hydrogen-bond donors (Lipinski definition) is 0. The molecule has 1 aromatic heterocycles. The summed E-state index contributed by atoms with van der Waals surface area (Å²) < 4.78 is 1.82. The van der Waals surface area contributed by atoms with Crippen LogP contribution >= 0.6 is 0 Å². The molecule has 4 rings (SSSR count). The Morgan fingerprint density at radius 1 is 0.963 bits per heavy atom. The first-order valence-electron chi connectivity index (χ1n) is 9.28. The molecule has 1 amide bonds. The Hall–Kier alpha value is -2.95. The summed E-state index contributed by atoms with van der Waals surface area (Å²) in [6.45, 7) is 8.09. The van der Waals surface area contributed by atoms with E-state index in [1.54, 1.807) is 12.7 Å². The first-order valence-corrected chi connectivity index (χ1v) is 9.28. The molecule has 0 fully saturated rings. The Morgan fingerprint density at radius 2 is 1.67 bits per heavy atom. The van der Waals surface area contributed by atoms with Gasteiger partial charge >= 0.3 is 0 Å². The van der Waals surface area contributed by atoms with Gasteiger partial charge in [-0.05, 0) is 52.8 Å². The molecule has 0 spiro atoms. The van der Waals surface area contributed by atoms with E-state index in [0.29, 0.717) is 12.1 Å². The van der Waals surface area contributed by atoms with Crippen LogP contribution in [0, 0.1) is 0 Å². The van der Waals surface area contributed by atoms with Crippen molar-refractivity contribution in [1.29, 1.82) is 0 Å². The number of carbonyl (C=O) groups excluding carboxylic acids is 1. The molecule has 0 N–H and O–H groups in total. The summed E-state index contributed by atoms with van der Waals surface area (Å²) in [6, 6.07) is 14.3. The van der Waals surface area contributed by atoms with Crippen LogP contribution in [0.15, 0.2) is 55.1 Å². The molecule has 1 aliphatic rings. The van der Waals surface area contributed by atoms with Crippen LogP contribution in [0.2, 0.25) is 0 Å². The van der Waals surface area contributed by atoms with Crippen LogP contribution in [0.1, 0.15) is 47.8 Å². The topological polar surface area (TPSA) is 51.0 Å². The van der Waals surface area contributed by atoms with Crippen LogP contribution in [0.25, 0.3) is 5.69 Å². The lowest BCUT2D eigenvalue weighted by atomic mass is 9.84. The van der Waals surface area contributed by atoms with E-state index in [9.17, 15) is 4.79 Å². The zero-order chi connectivity index (χ0) is 19.0. The summed E-state index contributed by atoms with van der Waals surface area (Å²) in [5, 5.41) is 7.63. The zero-order valence-electron chi connectivity index (χ0n) is 16.0. The molecular weight excluding hydrogens is 336 g/mol. The summed E-state index contributed by atoms with van der Waals surface area (Å²) in [5.74, 6) is 0.0807. The molecule has 0 saturated heterocycles. The number of fused-ring (bicyclic) bond motifs is 1. The molecule has 27 heavy (non-hydrogen) atoms. The molecule has 3 aromatic rings. The highest BCUT2D eigenvalue weighted by Crippen LogP contribution is 2.28. The molecule has 0 saturated carbocycles. The minimum atomic E-state index is 0.0807. The Bertz CT molecular complexity index is 953. The van der Waals surface area contributed by atoms with Crippen molar-refractivity contribution in [2.45, 2.75) is 39.2 Å². The minimum Gasteiger partial charge on any atom is -0.334 e. The quantitative estimate of drug-likeness (QED) is 0.699. The van der Waals surface area contributed by atoms with Gasteiger partial charge in [0.15, 0.2) is 0 Å². The van der Waals surface area contributed by atoms with Crippen molar-refractivity contribution >= 4 is 5.91 Å². The second-order valence-electron chi connectivity index (χ2n) is 8.13. The van der Waals surface area contributed by atoms with Crippen molar-refractivity contribution < 1.29 is 4.79 Å². The average molecular weight is 360 g/mol. The minimum absolute atomic E-state index is 0.0807. The second kappa shape index (κ2) is 6.65. The fraction of sp³-hybridized carbons (Fsp3) is 0.318. The highest BCUT2D eigenvalue weighted by Gasteiger charge is 2.23. The maximum atomic E-state index is 13.0. The number of amides is 1. The second-order valence-corrected chi connectivity index (χ2v) is 8.13. The van der Waals surface area contributed by atoms with Crippen LogP contribution in [0.5, 0.6) is 0 Å². The normalized spacial score (nSPS) is 14.1. The van der Waals surface area contributed by atoms with Crippen molar-refractivity contribution in [3.05, 3.63) is 77.4 Å². The monoisotopic (exact) mass is 360 g/mol. The van der Waals surface area contributed by atoms with E-state index in [1.165, 1.54) is 16.7 Å². The lowest BCUT2D eigenvalue weighted by Gasteiger charge is -2.30. The van der Waals surface area contributed by atoms with Gasteiger partial charge in [-0.3, -0.25) is 9.36 Å². The van der Waals surface area contributed by atoms with Crippen molar-refractivity contribution in [3.8, 4) is 5.69 Å². The number of aromatic nitrogens is 3. The van der Waals surface area contributed by atoms with Gasteiger partial charge in [-0.2, -0.15) is 0 Å². The lowest BCUT2D eigenvalue weighted by molar-refractivity contribution is 0.0734. The van der Waals surface area contributed by atoms with Crippen LogP contribution in [-0.4, -0.2) is 32.1 Å². The van der Waals surface area contributed by atoms with Crippen LogP contribution in [-0.2, 0) is 18.4 Å².